The van der Waals surface area contributed by atoms with Crippen LogP contribution in [0.25, 0.3) is 0 Å². The third-order valence-electron chi connectivity index (χ3n) is 3.30. The number of nitrogens with two attached hydrogens (primary N) is 1. The highest BCUT2D eigenvalue weighted by Crippen LogP contribution is 2.20. The van der Waals surface area contributed by atoms with Gasteiger partial charge in [-0.15, -0.1) is 10.2 Å². The van der Waals surface area contributed by atoms with E-state index in [0.717, 1.165) is 11.6 Å². The van der Waals surface area contributed by atoms with Crippen molar-refractivity contribution in [1.29, 1.82) is 0 Å². The molecule has 2 N–H and O–H groups in total. The largest absolute Gasteiger partial charge is 0.486 e. The molecule has 118 valence electrons. The Bertz CT molecular complexity index is 670. The van der Waals surface area contributed by atoms with Gasteiger partial charge in [0.2, 0.25) is 5.91 Å². The van der Waals surface area contributed by atoms with Crippen LogP contribution in [0.1, 0.15) is 23.9 Å². The standard InChI is InChI=1S/C15H20N4O2S/c1-4-19-14(17-18-15(19)22-9-13(16)20)8-21-12-6-5-10(2)11(3)7-12/h5-7H,4,8-9H2,1-3H3,(H2,16,20). The van der Waals surface area contributed by atoms with E-state index in [1.165, 1.54) is 22.9 Å². The summed E-state index contributed by atoms with van der Waals surface area (Å²) in [4.78, 5) is 10.9. The van der Waals surface area contributed by atoms with E-state index >= 15 is 0 Å². The first kappa shape index (κ1) is 16.4. The summed E-state index contributed by atoms with van der Waals surface area (Å²) in [6.07, 6.45) is 0. The summed E-state index contributed by atoms with van der Waals surface area (Å²) in [5, 5.41) is 8.91. The number of hydrogen-bond acceptors (Lipinski definition) is 5. The molecular formula is C15H20N4O2S. The van der Waals surface area contributed by atoms with Gasteiger partial charge >= 0.3 is 0 Å². The van der Waals surface area contributed by atoms with Crippen LogP contribution in [0.2, 0.25) is 0 Å². The molecule has 6 nitrogen and oxygen atoms in total. The van der Waals surface area contributed by atoms with Gasteiger partial charge in [0.25, 0.3) is 0 Å². The van der Waals surface area contributed by atoms with Crippen LogP contribution in [-0.2, 0) is 17.9 Å². The van der Waals surface area contributed by atoms with E-state index in [4.69, 9.17) is 10.5 Å². The fourth-order valence-electron chi connectivity index (χ4n) is 1.94. The van der Waals surface area contributed by atoms with E-state index in [2.05, 4.69) is 24.0 Å². The minimum absolute atomic E-state index is 0.191. The van der Waals surface area contributed by atoms with Crippen molar-refractivity contribution < 1.29 is 9.53 Å². The van der Waals surface area contributed by atoms with Crippen LogP contribution in [0.5, 0.6) is 5.75 Å². The molecule has 2 aromatic rings. The maximum atomic E-state index is 10.9. The lowest BCUT2D eigenvalue weighted by atomic mass is 10.1. The van der Waals surface area contributed by atoms with E-state index < -0.39 is 0 Å². The number of aromatic nitrogens is 3. The lowest BCUT2D eigenvalue weighted by molar-refractivity contribution is -0.115. The average Bonchev–Trinajstić information content (AvgIpc) is 2.88. The number of primary amides is 1. The molecule has 0 saturated heterocycles. The number of benzene rings is 1. The Kier molecular flexibility index (Phi) is 5.43. The predicted molar refractivity (Wildman–Crippen MR) is 85.9 cm³/mol. The van der Waals surface area contributed by atoms with Crippen molar-refractivity contribution >= 4 is 17.7 Å². The average molecular weight is 320 g/mol. The van der Waals surface area contributed by atoms with Crippen LogP contribution in [-0.4, -0.2) is 26.4 Å². The number of ether oxygens (including phenoxy) is 1. The van der Waals surface area contributed by atoms with Crippen LogP contribution in [0.15, 0.2) is 23.4 Å². The Hall–Kier alpha value is -2.02. The summed E-state index contributed by atoms with van der Waals surface area (Å²) >= 11 is 1.29. The number of aryl methyl sites for hydroxylation is 2. The molecule has 0 aliphatic rings. The molecule has 0 fully saturated rings. The number of rotatable bonds is 7. The molecule has 0 spiro atoms. The number of thioether (sulfide) groups is 1. The van der Waals surface area contributed by atoms with Crippen LogP contribution in [0.4, 0.5) is 0 Å². The smallest absolute Gasteiger partial charge is 0.227 e. The quantitative estimate of drug-likeness (QED) is 0.790. The highest BCUT2D eigenvalue weighted by atomic mass is 32.2. The first-order chi connectivity index (χ1) is 10.5. The molecule has 0 aliphatic heterocycles. The third-order valence-corrected chi connectivity index (χ3v) is 4.29. The maximum absolute atomic E-state index is 10.9. The Morgan fingerprint density at radius 2 is 2.09 bits per heavy atom. The Morgan fingerprint density at radius 3 is 2.73 bits per heavy atom. The first-order valence-electron chi connectivity index (χ1n) is 7.04. The fraction of sp³-hybridized carbons (Fsp3) is 0.400. The van der Waals surface area contributed by atoms with Gasteiger partial charge in [0.15, 0.2) is 11.0 Å². The van der Waals surface area contributed by atoms with Crippen LogP contribution in [0, 0.1) is 13.8 Å². The van der Waals surface area contributed by atoms with Gasteiger partial charge in [-0.3, -0.25) is 4.79 Å². The maximum Gasteiger partial charge on any atom is 0.227 e. The summed E-state index contributed by atoms with van der Waals surface area (Å²) in [5.41, 5.74) is 7.58. The molecule has 0 unspecified atom stereocenters. The lowest BCUT2D eigenvalue weighted by Crippen LogP contribution is -2.14. The summed E-state index contributed by atoms with van der Waals surface area (Å²) in [5.74, 6) is 1.35. The Morgan fingerprint density at radius 1 is 1.32 bits per heavy atom. The second-order valence-electron chi connectivity index (χ2n) is 4.93. The molecule has 0 saturated carbocycles. The minimum Gasteiger partial charge on any atom is -0.486 e. The van der Waals surface area contributed by atoms with Crippen molar-refractivity contribution in [3.63, 3.8) is 0 Å². The van der Waals surface area contributed by atoms with Gasteiger partial charge in [-0.1, -0.05) is 17.8 Å². The molecule has 1 aromatic carbocycles. The van der Waals surface area contributed by atoms with Crippen molar-refractivity contribution in [3.8, 4) is 5.75 Å². The lowest BCUT2D eigenvalue weighted by Gasteiger charge is -2.09. The van der Waals surface area contributed by atoms with Crippen molar-refractivity contribution in [2.24, 2.45) is 5.73 Å². The van der Waals surface area contributed by atoms with E-state index in [0.29, 0.717) is 18.3 Å². The van der Waals surface area contributed by atoms with Crippen LogP contribution in [0.3, 0.4) is 0 Å². The normalized spacial score (nSPS) is 10.7. The van der Waals surface area contributed by atoms with Gasteiger partial charge < -0.3 is 15.0 Å². The fourth-order valence-corrected chi connectivity index (χ4v) is 2.70. The number of amides is 1. The van der Waals surface area contributed by atoms with E-state index in [-0.39, 0.29) is 11.7 Å². The second-order valence-corrected chi connectivity index (χ2v) is 5.88. The molecule has 2 rings (SSSR count). The van der Waals surface area contributed by atoms with Crippen molar-refractivity contribution in [3.05, 3.63) is 35.2 Å². The van der Waals surface area contributed by atoms with Gasteiger partial charge in [0.1, 0.15) is 12.4 Å². The first-order valence-corrected chi connectivity index (χ1v) is 8.03. The zero-order valence-electron chi connectivity index (χ0n) is 13.0. The molecule has 1 amide bonds. The van der Waals surface area contributed by atoms with Crippen molar-refractivity contribution in [2.75, 3.05) is 5.75 Å². The molecule has 1 aromatic heterocycles. The van der Waals surface area contributed by atoms with E-state index in [1.54, 1.807) is 0 Å². The summed E-state index contributed by atoms with van der Waals surface area (Å²) in [6, 6.07) is 5.98. The SMILES string of the molecule is CCn1c(COc2ccc(C)c(C)c2)nnc1SCC(N)=O. The number of carbonyl (C=O) groups is 1. The summed E-state index contributed by atoms with van der Waals surface area (Å²) in [6.45, 7) is 7.15. The summed E-state index contributed by atoms with van der Waals surface area (Å²) < 4.78 is 7.71. The molecule has 0 aliphatic carbocycles. The molecule has 0 radical (unpaired) electrons. The molecular weight excluding hydrogens is 300 g/mol. The molecule has 22 heavy (non-hydrogen) atoms. The molecule has 1 heterocycles. The Balaban J connectivity index is 2.06. The number of nitrogens with zero attached hydrogens (tertiary/aromatic N) is 3. The topological polar surface area (TPSA) is 83.0 Å². The van der Waals surface area contributed by atoms with Gasteiger partial charge in [0, 0.05) is 6.54 Å². The number of carbonyl (C=O) groups excluding carboxylic acids is 1. The third kappa shape index (κ3) is 4.00. The minimum atomic E-state index is -0.372. The van der Waals surface area contributed by atoms with Gasteiger partial charge in [-0.05, 0) is 44.0 Å². The van der Waals surface area contributed by atoms with E-state index in [1.807, 2.05) is 29.7 Å². The van der Waals surface area contributed by atoms with Gasteiger partial charge in [0.05, 0.1) is 5.75 Å². The highest BCUT2D eigenvalue weighted by molar-refractivity contribution is 7.99. The Labute approximate surface area is 134 Å². The zero-order chi connectivity index (χ0) is 16.1. The van der Waals surface area contributed by atoms with Gasteiger partial charge in [-0.25, -0.2) is 0 Å². The predicted octanol–water partition coefficient (Wildman–Crippen LogP) is 2.07. The van der Waals surface area contributed by atoms with Crippen LogP contribution >= 0.6 is 11.8 Å². The van der Waals surface area contributed by atoms with Crippen molar-refractivity contribution in [1.82, 2.24) is 14.8 Å². The highest BCUT2D eigenvalue weighted by Gasteiger charge is 2.12. The van der Waals surface area contributed by atoms with Gasteiger partial charge in [-0.2, -0.15) is 0 Å². The second kappa shape index (κ2) is 7.31. The van der Waals surface area contributed by atoms with Crippen molar-refractivity contribution in [2.45, 2.75) is 39.1 Å². The molecule has 0 atom stereocenters. The molecule has 7 heteroatoms. The summed E-state index contributed by atoms with van der Waals surface area (Å²) in [7, 11) is 0. The van der Waals surface area contributed by atoms with Crippen LogP contribution < -0.4 is 10.5 Å². The number of hydrogen-bond donors (Lipinski definition) is 1. The molecule has 0 bridgehead atoms. The monoisotopic (exact) mass is 320 g/mol. The van der Waals surface area contributed by atoms with E-state index in [9.17, 15) is 4.79 Å². The zero-order valence-corrected chi connectivity index (χ0v) is 13.8.